The second-order valence-electron chi connectivity index (χ2n) is 6.20. The minimum absolute atomic E-state index is 0.0224. The first kappa shape index (κ1) is 15.8. The number of rotatable bonds is 4. The maximum absolute atomic E-state index is 12.1. The van der Waals surface area contributed by atoms with Crippen LogP contribution in [0.15, 0.2) is 18.2 Å². The van der Waals surface area contributed by atoms with Crippen molar-refractivity contribution in [3.05, 3.63) is 18.2 Å². The van der Waals surface area contributed by atoms with E-state index in [1.54, 1.807) is 24.1 Å². The number of carbonyl (C=O) groups is 2. The number of anilines is 2. The van der Waals surface area contributed by atoms with Gasteiger partial charge < -0.3 is 20.3 Å². The summed E-state index contributed by atoms with van der Waals surface area (Å²) in [7, 11) is 1.71. The van der Waals surface area contributed by atoms with E-state index in [0.717, 1.165) is 32.4 Å². The fraction of sp³-hybridized carbons (Fsp3) is 0.529. The summed E-state index contributed by atoms with van der Waals surface area (Å²) in [5, 5.41) is 6.25. The molecule has 6 nitrogen and oxygen atoms in total. The van der Waals surface area contributed by atoms with E-state index in [4.69, 9.17) is 4.74 Å². The number of hydrogen-bond acceptors (Lipinski definition) is 4. The largest absolute Gasteiger partial charge is 0.482 e. The predicted octanol–water partition coefficient (Wildman–Crippen LogP) is 1.76. The Labute approximate surface area is 136 Å². The highest BCUT2D eigenvalue weighted by Crippen LogP contribution is 2.33. The lowest BCUT2D eigenvalue weighted by molar-refractivity contribution is -0.121. The molecule has 1 aromatic rings. The number of nitrogens with one attached hydrogen (secondary N) is 2. The van der Waals surface area contributed by atoms with Crippen molar-refractivity contribution in [2.45, 2.75) is 25.7 Å². The molecule has 2 aliphatic heterocycles. The Hall–Kier alpha value is -2.08. The molecule has 0 saturated carbocycles. The molecule has 0 bridgehead atoms. The standard InChI is InChI=1S/C17H23N3O3/c1-20-14-10-13(3-4-15(14)23-11-17(20)22)19-16(21)5-2-12-6-8-18-9-7-12/h3-4,10,12,18H,2,5-9,11H2,1H3,(H,19,21). The first-order valence-corrected chi connectivity index (χ1v) is 8.17. The van der Waals surface area contributed by atoms with Crippen LogP contribution in [0, 0.1) is 5.92 Å². The van der Waals surface area contributed by atoms with Crippen LogP contribution in [0.4, 0.5) is 11.4 Å². The first-order valence-electron chi connectivity index (χ1n) is 8.17. The fourth-order valence-corrected chi connectivity index (χ4v) is 3.08. The Bertz CT molecular complexity index is 597. The summed E-state index contributed by atoms with van der Waals surface area (Å²) in [5.41, 5.74) is 1.39. The Balaban J connectivity index is 1.57. The smallest absolute Gasteiger partial charge is 0.264 e. The fourth-order valence-electron chi connectivity index (χ4n) is 3.08. The van der Waals surface area contributed by atoms with Crippen LogP contribution in [0.5, 0.6) is 5.75 Å². The molecule has 1 aromatic carbocycles. The summed E-state index contributed by atoms with van der Waals surface area (Å²) in [4.78, 5) is 25.4. The van der Waals surface area contributed by atoms with Crippen molar-refractivity contribution in [2.75, 3.05) is 37.0 Å². The van der Waals surface area contributed by atoms with Gasteiger partial charge in [0.1, 0.15) is 5.75 Å². The van der Waals surface area contributed by atoms with Crippen molar-refractivity contribution in [2.24, 2.45) is 5.92 Å². The average Bonchev–Trinajstić information content (AvgIpc) is 2.58. The summed E-state index contributed by atoms with van der Waals surface area (Å²) < 4.78 is 5.38. The normalized spacial score (nSPS) is 18.3. The van der Waals surface area contributed by atoms with Gasteiger partial charge in [-0.15, -0.1) is 0 Å². The molecule has 2 N–H and O–H groups in total. The van der Waals surface area contributed by atoms with E-state index < -0.39 is 0 Å². The third kappa shape index (κ3) is 3.82. The zero-order valence-electron chi connectivity index (χ0n) is 13.4. The summed E-state index contributed by atoms with van der Waals surface area (Å²) in [6.45, 7) is 2.17. The van der Waals surface area contributed by atoms with Gasteiger partial charge in [-0.1, -0.05) is 0 Å². The highest BCUT2D eigenvalue weighted by molar-refractivity contribution is 5.99. The minimum Gasteiger partial charge on any atom is -0.482 e. The van der Waals surface area contributed by atoms with Crippen LogP contribution in [-0.2, 0) is 9.59 Å². The van der Waals surface area contributed by atoms with Gasteiger partial charge in [0, 0.05) is 19.2 Å². The third-order valence-corrected chi connectivity index (χ3v) is 4.57. The number of amides is 2. The number of ether oxygens (including phenoxy) is 1. The number of hydrogen-bond donors (Lipinski definition) is 2. The molecule has 6 heteroatoms. The first-order chi connectivity index (χ1) is 11.1. The summed E-state index contributed by atoms with van der Waals surface area (Å²) in [6, 6.07) is 5.39. The van der Waals surface area contributed by atoms with Gasteiger partial charge in [0.2, 0.25) is 5.91 Å². The van der Waals surface area contributed by atoms with E-state index in [-0.39, 0.29) is 18.4 Å². The van der Waals surface area contributed by atoms with Crippen molar-refractivity contribution in [1.29, 1.82) is 0 Å². The molecular formula is C17H23N3O3. The maximum Gasteiger partial charge on any atom is 0.264 e. The molecule has 3 rings (SSSR count). The zero-order chi connectivity index (χ0) is 16.2. The van der Waals surface area contributed by atoms with Gasteiger partial charge in [-0.05, 0) is 56.5 Å². The van der Waals surface area contributed by atoms with E-state index in [1.807, 2.05) is 6.07 Å². The highest BCUT2D eigenvalue weighted by atomic mass is 16.5. The van der Waals surface area contributed by atoms with Crippen LogP contribution < -0.4 is 20.3 Å². The third-order valence-electron chi connectivity index (χ3n) is 4.57. The summed E-state index contributed by atoms with van der Waals surface area (Å²) in [5.74, 6) is 1.24. The number of nitrogens with zero attached hydrogens (tertiary/aromatic N) is 1. The second-order valence-corrected chi connectivity index (χ2v) is 6.20. The molecule has 2 heterocycles. The Morgan fingerprint density at radius 1 is 1.39 bits per heavy atom. The predicted molar refractivity (Wildman–Crippen MR) is 88.8 cm³/mol. The lowest BCUT2D eigenvalue weighted by Gasteiger charge is -2.26. The summed E-state index contributed by atoms with van der Waals surface area (Å²) in [6.07, 6.45) is 3.76. The van der Waals surface area contributed by atoms with Crippen molar-refractivity contribution in [3.8, 4) is 5.75 Å². The highest BCUT2D eigenvalue weighted by Gasteiger charge is 2.22. The van der Waals surface area contributed by atoms with Gasteiger partial charge >= 0.3 is 0 Å². The maximum atomic E-state index is 12.1. The second kappa shape index (κ2) is 7.00. The van der Waals surface area contributed by atoms with Crippen molar-refractivity contribution < 1.29 is 14.3 Å². The van der Waals surface area contributed by atoms with Crippen LogP contribution in [0.1, 0.15) is 25.7 Å². The Morgan fingerprint density at radius 2 is 2.17 bits per heavy atom. The molecule has 0 atom stereocenters. The van der Waals surface area contributed by atoms with E-state index in [0.29, 0.717) is 29.5 Å². The molecule has 1 fully saturated rings. The Kier molecular flexibility index (Phi) is 4.81. The number of benzene rings is 1. The van der Waals surface area contributed by atoms with Crippen LogP contribution in [0.25, 0.3) is 0 Å². The molecule has 0 unspecified atom stereocenters. The molecule has 0 aromatic heterocycles. The van der Waals surface area contributed by atoms with Gasteiger partial charge in [0.05, 0.1) is 5.69 Å². The SMILES string of the molecule is CN1C(=O)COc2ccc(NC(=O)CCC3CCNCC3)cc21. The minimum atomic E-state index is -0.0908. The van der Waals surface area contributed by atoms with E-state index >= 15 is 0 Å². The van der Waals surface area contributed by atoms with Crippen molar-refractivity contribution in [3.63, 3.8) is 0 Å². The lowest BCUT2D eigenvalue weighted by Crippen LogP contribution is -2.35. The molecule has 1 saturated heterocycles. The number of likely N-dealkylation sites (N-methyl/N-ethyl adjacent to an activating group) is 1. The van der Waals surface area contributed by atoms with Gasteiger partial charge in [0.15, 0.2) is 6.61 Å². The van der Waals surface area contributed by atoms with E-state index in [9.17, 15) is 9.59 Å². The van der Waals surface area contributed by atoms with Crippen LogP contribution in [-0.4, -0.2) is 38.6 Å². The van der Waals surface area contributed by atoms with Crippen molar-refractivity contribution >= 4 is 23.2 Å². The molecule has 2 amide bonds. The molecule has 0 radical (unpaired) electrons. The van der Waals surface area contributed by atoms with Crippen molar-refractivity contribution in [1.82, 2.24) is 5.32 Å². The van der Waals surface area contributed by atoms with Gasteiger partial charge in [-0.25, -0.2) is 0 Å². The molecule has 0 spiro atoms. The van der Waals surface area contributed by atoms with E-state index in [1.165, 1.54) is 0 Å². The number of fused-ring (bicyclic) bond motifs is 1. The Morgan fingerprint density at radius 3 is 2.96 bits per heavy atom. The van der Waals surface area contributed by atoms with E-state index in [2.05, 4.69) is 10.6 Å². The van der Waals surface area contributed by atoms with Crippen LogP contribution >= 0.6 is 0 Å². The van der Waals surface area contributed by atoms with Gasteiger partial charge in [-0.3, -0.25) is 9.59 Å². The molecule has 0 aliphatic carbocycles. The van der Waals surface area contributed by atoms with Crippen LogP contribution in [0.2, 0.25) is 0 Å². The molecular weight excluding hydrogens is 294 g/mol. The molecule has 2 aliphatic rings. The lowest BCUT2D eigenvalue weighted by atomic mass is 9.93. The van der Waals surface area contributed by atoms with Gasteiger partial charge in [0.25, 0.3) is 5.91 Å². The summed E-state index contributed by atoms with van der Waals surface area (Å²) >= 11 is 0. The number of piperidine rings is 1. The zero-order valence-corrected chi connectivity index (χ0v) is 13.4. The van der Waals surface area contributed by atoms with Crippen LogP contribution in [0.3, 0.4) is 0 Å². The molecule has 23 heavy (non-hydrogen) atoms. The molecule has 124 valence electrons. The quantitative estimate of drug-likeness (QED) is 0.888. The number of carbonyl (C=O) groups excluding carboxylic acids is 2. The topological polar surface area (TPSA) is 70.7 Å². The average molecular weight is 317 g/mol. The monoisotopic (exact) mass is 317 g/mol. The van der Waals surface area contributed by atoms with Gasteiger partial charge in [-0.2, -0.15) is 0 Å².